The first kappa shape index (κ1) is 11.1. The lowest BCUT2D eigenvalue weighted by molar-refractivity contribution is 0.169. The molecule has 0 spiro atoms. The minimum atomic E-state index is 0.603. The highest BCUT2D eigenvalue weighted by molar-refractivity contribution is 5.52. The number of nitrogens with one attached hydrogen (secondary N) is 1. The fourth-order valence-corrected chi connectivity index (χ4v) is 1.76. The van der Waals surface area contributed by atoms with Crippen molar-refractivity contribution in [1.29, 1.82) is 0 Å². The first-order valence-corrected chi connectivity index (χ1v) is 5.46. The van der Waals surface area contributed by atoms with Gasteiger partial charge in [-0.2, -0.15) is 0 Å². The molecule has 1 aromatic carbocycles. The molecule has 0 saturated carbocycles. The van der Waals surface area contributed by atoms with Crippen molar-refractivity contribution in [1.82, 2.24) is 5.32 Å². The lowest BCUT2D eigenvalue weighted by atomic mass is 10.1. The van der Waals surface area contributed by atoms with Gasteiger partial charge in [0.15, 0.2) is 11.5 Å². The first-order chi connectivity index (χ1) is 7.85. The fourth-order valence-electron chi connectivity index (χ4n) is 1.76. The number of fused-ring (bicyclic) bond motifs is 1. The van der Waals surface area contributed by atoms with Gasteiger partial charge in [0.2, 0.25) is 0 Å². The smallest absolute Gasteiger partial charge is 0.165 e. The van der Waals surface area contributed by atoms with Crippen molar-refractivity contribution in [2.75, 3.05) is 33.9 Å². The molecule has 0 aliphatic carbocycles. The molecule has 0 fully saturated rings. The van der Waals surface area contributed by atoms with E-state index >= 15 is 0 Å². The first-order valence-electron chi connectivity index (χ1n) is 5.46. The Morgan fingerprint density at radius 2 is 2.12 bits per heavy atom. The van der Waals surface area contributed by atoms with Crippen LogP contribution < -0.4 is 19.5 Å². The van der Waals surface area contributed by atoms with Crippen molar-refractivity contribution in [3.05, 3.63) is 17.7 Å². The van der Waals surface area contributed by atoms with Crippen LogP contribution in [0.1, 0.15) is 5.56 Å². The maximum atomic E-state index is 5.64. The Morgan fingerprint density at radius 1 is 1.31 bits per heavy atom. The van der Waals surface area contributed by atoms with Crippen LogP contribution in [0.5, 0.6) is 17.2 Å². The zero-order valence-electron chi connectivity index (χ0n) is 9.71. The Morgan fingerprint density at radius 3 is 2.88 bits per heavy atom. The lowest BCUT2D eigenvalue weighted by Crippen LogP contribution is -2.18. The molecule has 1 N–H and O–H groups in total. The molecule has 1 aliphatic rings. The van der Waals surface area contributed by atoms with Gasteiger partial charge in [0, 0.05) is 11.6 Å². The van der Waals surface area contributed by atoms with Gasteiger partial charge in [0.05, 0.1) is 7.11 Å². The van der Waals surface area contributed by atoms with Gasteiger partial charge in [0.1, 0.15) is 19.0 Å². The number of rotatable bonds is 4. The standard InChI is InChI=1S/C12H17NO3/c1-13-4-3-9-7-10(14-2)8-11-12(9)16-6-5-15-11/h7-8,13H,3-6H2,1-2H3. The summed E-state index contributed by atoms with van der Waals surface area (Å²) < 4.78 is 16.4. The van der Waals surface area contributed by atoms with E-state index in [1.165, 1.54) is 0 Å². The van der Waals surface area contributed by atoms with E-state index in [2.05, 4.69) is 5.32 Å². The SMILES string of the molecule is CNCCc1cc(OC)cc2c1OCCO2. The number of benzene rings is 1. The molecule has 0 unspecified atom stereocenters. The molecule has 4 nitrogen and oxygen atoms in total. The van der Waals surface area contributed by atoms with Crippen LogP contribution in [0.15, 0.2) is 12.1 Å². The van der Waals surface area contributed by atoms with Gasteiger partial charge in [-0.05, 0) is 26.1 Å². The van der Waals surface area contributed by atoms with Crippen LogP contribution in [0.4, 0.5) is 0 Å². The van der Waals surface area contributed by atoms with Crippen molar-refractivity contribution in [2.45, 2.75) is 6.42 Å². The monoisotopic (exact) mass is 223 g/mol. The molecule has 2 rings (SSSR count). The summed E-state index contributed by atoms with van der Waals surface area (Å²) in [5.41, 5.74) is 1.13. The fraction of sp³-hybridized carbons (Fsp3) is 0.500. The van der Waals surface area contributed by atoms with Gasteiger partial charge in [-0.1, -0.05) is 0 Å². The average Bonchev–Trinajstić information content (AvgIpc) is 2.35. The van der Waals surface area contributed by atoms with E-state index < -0.39 is 0 Å². The topological polar surface area (TPSA) is 39.7 Å². The molecule has 16 heavy (non-hydrogen) atoms. The quantitative estimate of drug-likeness (QED) is 0.833. The number of methoxy groups -OCH3 is 1. The van der Waals surface area contributed by atoms with Crippen LogP contribution >= 0.6 is 0 Å². The Balaban J connectivity index is 2.31. The predicted molar refractivity (Wildman–Crippen MR) is 61.6 cm³/mol. The second-order valence-electron chi connectivity index (χ2n) is 3.66. The van der Waals surface area contributed by atoms with Crippen molar-refractivity contribution < 1.29 is 14.2 Å². The van der Waals surface area contributed by atoms with Crippen molar-refractivity contribution in [2.24, 2.45) is 0 Å². The molecule has 0 bridgehead atoms. The molecule has 0 amide bonds. The summed E-state index contributed by atoms with van der Waals surface area (Å²) >= 11 is 0. The van der Waals surface area contributed by atoms with Crippen molar-refractivity contribution in [3.63, 3.8) is 0 Å². The van der Waals surface area contributed by atoms with E-state index in [0.717, 1.165) is 35.8 Å². The minimum Gasteiger partial charge on any atom is -0.497 e. The molecule has 1 aliphatic heterocycles. The highest BCUT2D eigenvalue weighted by Crippen LogP contribution is 2.37. The van der Waals surface area contributed by atoms with Gasteiger partial charge in [0.25, 0.3) is 0 Å². The van der Waals surface area contributed by atoms with Crippen LogP contribution in [0.3, 0.4) is 0 Å². The highest BCUT2D eigenvalue weighted by atomic mass is 16.6. The summed E-state index contributed by atoms with van der Waals surface area (Å²) in [6, 6.07) is 3.88. The number of hydrogen-bond donors (Lipinski definition) is 1. The Labute approximate surface area is 95.5 Å². The molecular formula is C12H17NO3. The molecule has 1 aromatic rings. The van der Waals surface area contributed by atoms with E-state index in [9.17, 15) is 0 Å². The van der Waals surface area contributed by atoms with Gasteiger partial charge >= 0.3 is 0 Å². The Hall–Kier alpha value is -1.42. The van der Waals surface area contributed by atoms with Crippen molar-refractivity contribution >= 4 is 0 Å². The average molecular weight is 223 g/mol. The van der Waals surface area contributed by atoms with Crippen LogP contribution in [-0.2, 0) is 6.42 Å². The maximum Gasteiger partial charge on any atom is 0.165 e. The normalized spacial score (nSPS) is 13.6. The Bertz CT molecular complexity index is 366. The second-order valence-corrected chi connectivity index (χ2v) is 3.66. The molecule has 88 valence electrons. The molecule has 1 heterocycles. The van der Waals surface area contributed by atoms with E-state index in [1.54, 1.807) is 7.11 Å². The summed E-state index contributed by atoms with van der Waals surface area (Å²) in [5.74, 6) is 2.47. The third kappa shape index (κ3) is 2.22. The van der Waals surface area contributed by atoms with Crippen molar-refractivity contribution in [3.8, 4) is 17.2 Å². The molecule has 0 aromatic heterocycles. The van der Waals surface area contributed by atoms with Crippen LogP contribution in [-0.4, -0.2) is 33.9 Å². The lowest BCUT2D eigenvalue weighted by Gasteiger charge is -2.22. The molecular weight excluding hydrogens is 206 g/mol. The number of hydrogen-bond acceptors (Lipinski definition) is 4. The van der Waals surface area contributed by atoms with Crippen LogP contribution in [0.25, 0.3) is 0 Å². The van der Waals surface area contributed by atoms with Crippen LogP contribution in [0.2, 0.25) is 0 Å². The van der Waals surface area contributed by atoms with E-state index in [1.807, 2.05) is 19.2 Å². The van der Waals surface area contributed by atoms with Gasteiger partial charge in [-0.3, -0.25) is 0 Å². The van der Waals surface area contributed by atoms with Crippen LogP contribution in [0, 0.1) is 0 Å². The summed E-state index contributed by atoms with van der Waals surface area (Å²) in [6.45, 7) is 2.13. The zero-order valence-corrected chi connectivity index (χ0v) is 9.71. The largest absolute Gasteiger partial charge is 0.497 e. The molecule has 0 atom stereocenters. The number of likely N-dealkylation sites (N-methyl/N-ethyl adjacent to an activating group) is 1. The predicted octanol–water partition coefficient (Wildman–Crippen LogP) is 1.23. The van der Waals surface area contributed by atoms with E-state index in [-0.39, 0.29) is 0 Å². The summed E-state index contributed by atoms with van der Waals surface area (Å²) in [7, 11) is 3.59. The third-order valence-electron chi connectivity index (χ3n) is 2.57. The molecule has 0 radical (unpaired) electrons. The summed E-state index contributed by atoms with van der Waals surface area (Å²) in [6.07, 6.45) is 0.902. The summed E-state index contributed by atoms with van der Waals surface area (Å²) in [4.78, 5) is 0. The van der Waals surface area contributed by atoms with Gasteiger partial charge in [-0.15, -0.1) is 0 Å². The minimum absolute atomic E-state index is 0.603. The van der Waals surface area contributed by atoms with E-state index in [0.29, 0.717) is 13.2 Å². The highest BCUT2D eigenvalue weighted by Gasteiger charge is 2.17. The maximum absolute atomic E-state index is 5.64. The number of ether oxygens (including phenoxy) is 3. The van der Waals surface area contributed by atoms with E-state index in [4.69, 9.17) is 14.2 Å². The summed E-state index contributed by atoms with van der Waals surface area (Å²) in [5, 5.41) is 3.12. The third-order valence-corrected chi connectivity index (χ3v) is 2.57. The van der Waals surface area contributed by atoms with Gasteiger partial charge in [-0.25, -0.2) is 0 Å². The Kier molecular flexibility index (Phi) is 3.51. The molecule has 4 heteroatoms. The molecule has 0 saturated heterocycles. The zero-order chi connectivity index (χ0) is 11.4. The van der Waals surface area contributed by atoms with Gasteiger partial charge < -0.3 is 19.5 Å². The second kappa shape index (κ2) is 5.07.